The van der Waals surface area contributed by atoms with Gasteiger partial charge in [-0.1, -0.05) is 18.9 Å². The highest BCUT2D eigenvalue weighted by atomic mass is 16.5. The topological polar surface area (TPSA) is 48.1 Å². The van der Waals surface area contributed by atoms with Crippen LogP contribution in [-0.4, -0.2) is 12.1 Å². The molecule has 1 saturated carbocycles. The first-order valence-electron chi connectivity index (χ1n) is 5.05. The van der Waals surface area contributed by atoms with E-state index in [2.05, 4.69) is 4.98 Å². The van der Waals surface area contributed by atoms with Gasteiger partial charge < -0.3 is 10.5 Å². The maximum atomic E-state index is 6.34. The Hall–Kier alpha value is -1.09. The zero-order valence-electron chi connectivity index (χ0n) is 8.49. The largest absolute Gasteiger partial charge is 0.481 e. The Labute approximate surface area is 84.3 Å². The molecule has 0 saturated heterocycles. The zero-order chi connectivity index (χ0) is 10.0. The van der Waals surface area contributed by atoms with Crippen LogP contribution in [0.25, 0.3) is 0 Å². The summed E-state index contributed by atoms with van der Waals surface area (Å²) in [4.78, 5) is 4.18. The molecule has 3 heteroatoms. The van der Waals surface area contributed by atoms with Crippen molar-refractivity contribution in [2.75, 3.05) is 7.11 Å². The summed E-state index contributed by atoms with van der Waals surface area (Å²) in [5, 5.41) is 0. The van der Waals surface area contributed by atoms with Crippen LogP contribution in [0.1, 0.15) is 31.2 Å². The van der Waals surface area contributed by atoms with Gasteiger partial charge in [-0.3, -0.25) is 0 Å². The smallest absolute Gasteiger partial charge is 0.218 e. The van der Waals surface area contributed by atoms with Crippen molar-refractivity contribution in [2.45, 2.75) is 31.2 Å². The van der Waals surface area contributed by atoms with Crippen LogP contribution in [0, 0.1) is 0 Å². The number of hydrogen-bond acceptors (Lipinski definition) is 3. The highest BCUT2D eigenvalue weighted by Crippen LogP contribution is 2.39. The van der Waals surface area contributed by atoms with Crippen molar-refractivity contribution in [3.63, 3.8) is 0 Å². The van der Waals surface area contributed by atoms with E-state index < -0.39 is 0 Å². The summed E-state index contributed by atoms with van der Waals surface area (Å²) in [7, 11) is 1.64. The van der Waals surface area contributed by atoms with Gasteiger partial charge in [0.1, 0.15) is 0 Å². The number of rotatable bonds is 2. The van der Waals surface area contributed by atoms with Gasteiger partial charge in [-0.25, -0.2) is 4.98 Å². The first kappa shape index (κ1) is 9.46. The maximum absolute atomic E-state index is 6.34. The molecule has 1 aliphatic carbocycles. The molecule has 1 heterocycles. The average Bonchev–Trinajstić information content (AvgIpc) is 2.66. The Morgan fingerprint density at radius 3 is 2.79 bits per heavy atom. The second kappa shape index (κ2) is 3.58. The minimum absolute atomic E-state index is 0.209. The summed E-state index contributed by atoms with van der Waals surface area (Å²) in [5.74, 6) is 0.678. The Bertz CT molecular complexity index is 319. The molecule has 0 aromatic carbocycles. The maximum Gasteiger partial charge on any atom is 0.218 e. The molecule has 0 aliphatic heterocycles. The molecule has 76 valence electrons. The highest BCUT2D eigenvalue weighted by Gasteiger charge is 2.33. The van der Waals surface area contributed by atoms with Crippen molar-refractivity contribution in [3.05, 3.63) is 23.9 Å². The monoisotopic (exact) mass is 192 g/mol. The molecule has 1 aliphatic rings. The third kappa shape index (κ3) is 1.48. The minimum atomic E-state index is -0.209. The standard InChI is InChI=1S/C11H16N2O/c1-14-10-9(5-4-8-13-10)11(12)6-2-3-7-11/h4-5,8H,2-3,6-7,12H2,1H3. The lowest BCUT2D eigenvalue weighted by Crippen LogP contribution is -2.33. The number of methoxy groups -OCH3 is 1. The summed E-state index contributed by atoms with van der Waals surface area (Å²) in [5.41, 5.74) is 7.18. The van der Waals surface area contributed by atoms with E-state index >= 15 is 0 Å². The number of hydrogen-bond donors (Lipinski definition) is 1. The first-order chi connectivity index (χ1) is 6.76. The van der Waals surface area contributed by atoms with Crippen molar-refractivity contribution < 1.29 is 4.74 Å². The second-order valence-electron chi connectivity index (χ2n) is 3.92. The SMILES string of the molecule is COc1ncccc1C1(N)CCCC1. The molecule has 0 amide bonds. The van der Waals surface area contributed by atoms with E-state index in [0.717, 1.165) is 18.4 Å². The predicted octanol–water partition coefficient (Wildman–Crippen LogP) is 1.82. The third-order valence-electron chi connectivity index (χ3n) is 3.00. The van der Waals surface area contributed by atoms with Crippen LogP contribution >= 0.6 is 0 Å². The Kier molecular flexibility index (Phi) is 2.42. The van der Waals surface area contributed by atoms with Crippen LogP contribution in [-0.2, 0) is 5.54 Å². The van der Waals surface area contributed by atoms with E-state index in [1.165, 1.54) is 12.8 Å². The average molecular weight is 192 g/mol. The van der Waals surface area contributed by atoms with E-state index in [9.17, 15) is 0 Å². The van der Waals surface area contributed by atoms with Crippen LogP contribution in [0.15, 0.2) is 18.3 Å². The number of aromatic nitrogens is 1. The lowest BCUT2D eigenvalue weighted by Gasteiger charge is -2.25. The van der Waals surface area contributed by atoms with Crippen molar-refractivity contribution in [1.29, 1.82) is 0 Å². The summed E-state index contributed by atoms with van der Waals surface area (Å²) >= 11 is 0. The molecule has 2 rings (SSSR count). The molecule has 14 heavy (non-hydrogen) atoms. The fourth-order valence-electron chi connectivity index (χ4n) is 2.21. The van der Waals surface area contributed by atoms with Gasteiger partial charge in [-0.2, -0.15) is 0 Å². The highest BCUT2D eigenvalue weighted by molar-refractivity contribution is 5.33. The van der Waals surface area contributed by atoms with Crippen molar-refractivity contribution in [3.8, 4) is 5.88 Å². The molecule has 0 spiro atoms. The lowest BCUT2D eigenvalue weighted by atomic mass is 9.90. The predicted molar refractivity (Wildman–Crippen MR) is 55.1 cm³/mol. The Balaban J connectivity index is 2.39. The summed E-state index contributed by atoms with van der Waals surface area (Å²) in [6.45, 7) is 0. The molecule has 0 atom stereocenters. The van der Waals surface area contributed by atoms with E-state index in [-0.39, 0.29) is 5.54 Å². The van der Waals surface area contributed by atoms with Gasteiger partial charge in [0.15, 0.2) is 0 Å². The molecular formula is C11H16N2O. The molecule has 2 N–H and O–H groups in total. The molecular weight excluding hydrogens is 176 g/mol. The van der Waals surface area contributed by atoms with E-state index in [1.54, 1.807) is 13.3 Å². The second-order valence-corrected chi connectivity index (χ2v) is 3.92. The summed E-state index contributed by atoms with van der Waals surface area (Å²) in [6, 6.07) is 3.95. The Morgan fingerprint density at radius 1 is 1.43 bits per heavy atom. The fraction of sp³-hybridized carbons (Fsp3) is 0.545. The molecule has 1 fully saturated rings. The normalized spacial score (nSPS) is 19.6. The zero-order valence-corrected chi connectivity index (χ0v) is 8.49. The van der Waals surface area contributed by atoms with Gasteiger partial charge in [0.2, 0.25) is 5.88 Å². The first-order valence-corrected chi connectivity index (χ1v) is 5.05. The minimum Gasteiger partial charge on any atom is -0.481 e. The lowest BCUT2D eigenvalue weighted by molar-refractivity contribution is 0.365. The molecule has 0 bridgehead atoms. The van der Waals surface area contributed by atoms with Crippen LogP contribution in [0.4, 0.5) is 0 Å². The van der Waals surface area contributed by atoms with Crippen LogP contribution in [0.3, 0.4) is 0 Å². The van der Waals surface area contributed by atoms with E-state index in [1.807, 2.05) is 12.1 Å². The molecule has 1 aromatic heterocycles. The van der Waals surface area contributed by atoms with E-state index in [0.29, 0.717) is 5.88 Å². The molecule has 3 nitrogen and oxygen atoms in total. The van der Waals surface area contributed by atoms with Crippen LogP contribution in [0.2, 0.25) is 0 Å². The van der Waals surface area contributed by atoms with Crippen molar-refractivity contribution in [1.82, 2.24) is 4.98 Å². The number of ether oxygens (including phenoxy) is 1. The summed E-state index contributed by atoms with van der Waals surface area (Å²) in [6.07, 6.45) is 6.22. The van der Waals surface area contributed by atoms with Crippen molar-refractivity contribution in [2.24, 2.45) is 5.73 Å². The molecule has 0 unspecified atom stereocenters. The van der Waals surface area contributed by atoms with E-state index in [4.69, 9.17) is 10.5 Å². The molecule has 0 radical (unpaired) electrons. The number of nitrogens with two attached hydrogens (primary N) is 1. The molecule has 1 aromatic rings. The van der Waals surface area contributed by atoms with Gasteiger partial charge >= 0.3 is 0 Å². The van der Waals surface area contributed by atoms with Gasteiger partial charge in [0, 0.05) is 17.3 Å². The van der Waals surface area contributed by atoms with Crippen molar-refractivity contribution >= 4 is 0 Å². The van der Waals surface area contributed by atoms with Crippen LogP contribution in [0.5, 0.6) is 5.88 Å². The van der Waals surface area contributed by atoms with Gasteiger partial charge in [0.05, 0.1) is 7.11 Å². The van der Waals surface area contributed by atoms with Gasteiger partial charge in [0.25, 0.3) is 0 Å². The Morgan fingerprint density at radius 2 is 2.14 bits per heavy atom. The fourth-order valence-corrected chi connectivity index (χ4v) is 2.21. The third-order valence-corrected chi connectivity index (χ3v) is 3.00. The van der Waals surface area contributed by atoms with Gasteiger partial charge in [-0.05, 0) is 18.9 Å². The van der Waals surface area contributed by atoms with Crippen LogP contribution < -0.4 is 10.5 Å². The number of nitrogens with zero attached hydrogens (tertiary/aromatic N) is 1. The quantitative estimate of drug-likeness (QED) is 0.777. The number of pyridine rings is 1. The summed E-state index contributed by atoms with van der Waals surface area (Å²) < 4.78 is 5.23. The van der Waals surface area contributed by atoms with Gasteiger partial charge in [-0.15, -0.1) is 0 Å².